The van der Waals surface area contributed by atoms with Gasteiger partial charge in [0.1, 0.15) is 5.75 Å². The highest BCUT2D eigenvalue weighted by Gasteiger charge is 2.23. The molecule has 1 atom stereocenters. The van der Waals surface area contributed by atoms with Crippen molar-refractivity contribution in [3.8, 4) is 5.75 Å². The maximum absolute atomic E-state index is 12.3. The monoisotopic (exact) mass is 275 g/mol. The maximum Gasteiger partial charge on any atom is 0.222 e. The van der Waals surface area contributed by atoms with Crippen LogP contribution in [-0.2, 0) is 22.5 Å². The Morgan fingerprint density at radius 3 is 3.10 bits per heavy atom. The summed E-state index contributed by atoms with van der Waals surface area (Å²) < 4.78 is 5.56. The number of hydrogen-bond acceptors (Lipinski definition) is 3. The normalized spacial score (nSPS) is 21.8. The zero-order chi connectivity index (χ0) is 13.9. The van der Waals surface area contributed by atoms with Gasteiger partial charge in [-0.3, -0.25) is 4.79 Å². The minimum absolute atomic E-state index is 0.203. The summed E-state index contributed by atoms with van der Waals surface area (Å²) in [6.45, 7) is 2.24. The van der Waals surface area contributed by atoms with E-state index in [1.807, 2.05) is 11.0 Å². The van der Waals surface area contributed by atoms with Crippen LogP contribution in [-0.4, -0.2) is 35.2 Å². The van der Waals surface area contributed by atoms with Gasteiger partial charge in [-0.25, -0.2) is 0 Å². The summed E-state index contributed by atoms with van der Waals surface area (Å²) in [6.07, 6.45) is 4.77. The molecule has 4 heteroatoms. The molecular weight excluding hydrogens is 254 g/mol. The van der Waals surface area contributed by atoms with E-state index in [1.165, 1.54) is 5.56 Å². The zero-order valence-corrected chi connectivity index (χ0v) is 11.7. The summed E-state index contributed by atoms with van der Waals surface area (Å²) in [6, 6.07) is 5.45. The molecule has 0 bridgehead atoms. The van der Waals surface area contributed by atoms with Crippen molar-refractivity contribution in [3.05, 3.63) is 29.3 Å². The molecule has 1 aromatic carbocycles. The number of benzene rings is 1. The number of carbonyl (C=O) groups is 1. The van der Waals surface area contributed by atoms with E-state index in [4.69, 9.17) is 4.74 Å². The van der Waals surface area contributed by atoms with Crippen molar-refractivity contribution in [1.29, 1.82) is 0 Å². The number of phenolic OH excluding ortho intramolecular Hbond substituents is 1. The number of amides is 1. The Morgan fingerprint density at radius 2 is 2.30 bits per heavy atom. The molecule has 2 aliphatic rings. The van der Waals surface area contributed by atoms with Gasteiger partial charge in [-0.05, 0) is 48.9 Å². The van der Waals surface area contributed by atoms with Crippen LogP contribution in [0.5, 0.6) is 5.75 Å². The van der Waals surface area contributed by atoms with Gasteiger partial charge in [-0.1, -0.05) is 6.07 Å². The standard InChI is InChI=1S/C16H21NO3/c18-14-4-3-12-7-8-17(11-13(12)10-14)16(19)6-5-15-2-1-9-20-15/h3-4,10,15,18H,1-2,5-9,11H2. The molecule has 0 spiro atoms. The van der Waals surface area contributed by atoms with Gasteiger partial charge in [0, 0.05) is 26.1 Å². The Bertz CT molecular complexity index is 494. The second-order valence-corrected chi connectivity index (χ2v) is 5.69. The van der Waals surface area contributed by atoms with Crippen LogP contribution in [0.1, 0.15) is 36.8 Å². The summed E-state index contributed by atoms with van der Waals surface area (Å²) >= 11 is 0. The fourth-order valence-corrected chi connectivity index (χ4v) is 3.07. The van der Waals surface area contributed by atoms with Gasteiger partial charge >= 0.3 is 0 Å². The first-order valence-electron chi connectivity index (χ1n) is 7.42. The van der Waals surface area contributed by atoms with E-state index in [-0.39, 0.29) is 17.8 Å². The second kappa shape index (κ2) is 5.83. The Balaban J connectivity index is 1.57. The molecular formula is C16H21NO3. The van der Waals surface area contributed by atoms with Crippen molar-refractivity contribution in [2.45, 2.75) is 44.8 Å². The number of aromatic hydroxyl groups is 1. The van der Waals surface area contributed by atoms with E-state index in [0.717, 1.165) is 44.4 Å². The van der Waals surface area contributed by atoms with Gasteiger partial charge in [0.05, 0.1) is 6.10 Å². The topological polar surface area (TPSA) is 49.8 Å². The van der Waals surface area contributed by atoms with Crippen molar-refractivity contribution < 1.29 is 14.6 Å². The van der Waals surface area contributed by atoms with Crippen molar-refractivity contribution in [2.75, 3.05) is 13.2 Å². The van der Waals surface area contributed by atoms with Crippen LogP contribution in [0.4, 0.5) is 0 Å². The van der Waals surface area contributed by atoms with Gasteiger partial charge in [0.15, 0.2) is 0 Å². The van der Waals surface area contributed by atoms with E-state index in [9.17, 15) is 9.90 Å². The molecule has 20 heavy (non-hydrogen) atoms. The third-order valence-corrected chi connectivity index (χ3v) is 4.26. The number of rotatable bonds is 3. The summed E-state index contributed by atoms with van der Waals surface area (Å²) in [7, 11) is 0. The Morgan fingerprint density at radius 1 is 1.40 bits per heavy atom. The maximum atomic E-state index is 12.3. The van der Waals surface area contributed by atoms with E-state index >= 15 is 0 Å². The third kappa shape index (κ3) is 2.96. The molecule has 1 saturated heterocycles. The lowest BCUT2D eigenvalue weighted by atomic mass is 9.99. The molecule has 0 aliphatic carbocycles. The molecule has 0 saturated carbocycles. The molecule has 2 aliphatic heterocycles. The molecule has 3 rings (SSSR count). The number of fused-ring (bicyclic) bond motifs is 1. The second-order valence-electron chi connectivity index (χ2n) is 5.69. The van der Waals surface area contributed by atoms with Crippen LogP contribution in [0.2, 0.25) is 0 Å². The smallest absolute Gasteiger partial charge is 0.222 e. The molecule has 0 radical (unpaired) electrons. The van der Waals surface area contributed by atoms with Crippen LogP contribution in [0.3, 0.4) is 0 Å². The first kappa shape index (κ1) is 13.4. The van der Waals surface area contributed by atoms with Gasteiger partial charge in [-0.15, -0.1) is 0 Å². The summed E-state index contributed by atoms with van der Waals surface area (Å²) in [5.41, 5.74) is 2.31. The Hall–Kier alpha value is -1.55. The minimum Gasteiger partial charge on any atom is -0.508 e. The Kier molecular flexibility index (Phi) is 3.92. The molecule has 1 unspecified atom stereocenters. The number of hydrogen-bond donors (Lipinski definition) is 1. The first-order chi connectivity index (χ1) is 9.72. The highest BCUT2D eigenvalue weighted by molar-refractivity contribution is 5.76. The SMILES string of the molecule is O=C(CCC1CCCO1)N1CCc2ccc(O)cc2C1. The van der Waals surface area contributed by atoms with Gasteiger partial charge < -0.3 is 14.7 Å². The van der Waals surface area contributed by atoms with E-state index < -0.39 is 0 Å². The summed E-state index contributed by atoms with van der Waals surface area (Å²) in [5.74, 6) is 0.479. The van der Waals surface area contributed by atoms with Crippen LogP contribution >= 0.6 is 0 Å². The highest BCUT2D eigenvalue weighted by Crippen LogP contribution is 2.24. The number of ether oxygens (including phenoxy) is 1. The van der Waals surface area contributed by atoms with Gasteiger partial charge in [0.2, 0.25) is 5.91 Å². The lowest BCUT2D eigenvalue weighted by Gasteiger charge is -2.29. The number of nitrogens with zero attached hydrogens (tertiary/aromatic N) is 1. The molecule has 0 aromatic heterocycles. The lowest BCUT2D eigenvalue weighted by molar-refractivity contribution is -0.132. The Labute approximate surface area is 119 Å². The summed E-state index contributed by atoms with van der Waals surface area (Å²) in [5, 5.41) is 9.54. The molecule has 1 amide bonds. The highest BCUT2D eigenvalue weighted by atomic mass is 16.5. The van der Waals surface area contributed by atoms with Crippen LogP contribution in [0.15, 0.2) is 18.2 Å². The van der Waals surface area contributed by atoms with Crippen molar-refractivity contribution in [2.24, 2.45) is 0 Å². The van der Waals surface area contributed by atoms with Crippen molar-refractivity contribution in [1.82, 2.24) is 4.90 Å². The molecule has 1 N–H and O–H groups in total. The van der Waals surface area contributed by atoms with Crippen molar-refractivity contribution in [3.63, 3.8) is 0 Å². The number of phenols is 1. The predicted molar refractivity (Wildman–Crippen MR) is 75.4 cm³/mol. The predicted octanol–water partition coefficient (Wildman–Crippen LogP) is 2.24. The van der Waals surface area contributed by atoms with Crippen molar-refractivity contribution >= 4 is 5.91 Å². The average molecular weight is 275 g/mol. The third-order valence-electron chi connectivity index (χ3n) is 4.26. The van der Waals surface area contributed by atoms with Crippen LogP contribution in [0, 0.1) is 0 Å². The van der Waals surface area contributed by atoms with Crippen LogP contribution in [0.25, 0.3) is 0 Å². The first-order valence-corrected chi connectivity index (χ1v) is 7.42. The number of carbonyl (C=O) groups excluding carboxylic acids is 1. The molecule has 2 heterocycles. The van der Waals surface area contributed by atoms with Gasteiger partial charge in [-0.2, -0.15) is 0 Å². The molecule has 1 fully saturated rings. The zero-order valence-electron chi connectivity index (χ0n) is 11.7. The largest absolute Gasteiger partial charge is 0.508 e. The molecule has 108 valence electrons. The van der Waals surface area contributed by atoms with Crippen LogP contribution < -0.4 is 0 Å². The molecule has 4 nitrogen and oxygen atoms in total. The minimum atomic E-state index is 0.203. The van der Waals surface area contributed by atoms with E-state index in [2.05, 4.69) is 0 Å². The fraction of sp³-hybridized carbons (Fsp3) is 0.562. The quantitative estimate of drug-likeness (QED) is 0.920. The summed E-state index contributed by atoms with van der Waals surface area (Å²) in [4.78, 5) is 14.2. The lowest BCUT2D eigenvalue weighted by Crippen LogP contribution is -2.36. The van der Waals surface area contributed by atoms with E-state index in [1.54, 1.807) is 12.1 Å². The van der Waals surface area contributed by atoms with Gasteiger partial charge in [0.25, 0.3) is 0 Å². The fourth-order valence-electron chi connectivity index (χ4n) is 3.07. The molecule has 1 aromatic rings. The van der Waals surface area contributed by atoms with E-state index in [0.29, 0.717) is 13.0 Å². The average Bonchev–Trinajstić information content (AvgIpc) is 2.97.